The highest BCUT2D eigenvalue weighted by atomic mass is 16.3. The molecule has 6 heteroatoms. The lowest BCUT2D eigenvalue weighted by atomic mass is 10.1. The van der Waals surface area contributed by atoms with E-state index in [9.17, 15) is 9.90 Å². The summed E-state index contributed by atoms with van der Waals surface area (Å²) in [7, 11) is 2.07. The topological polar surface area (TPSA) is 82.7 Å². The van der Waals surface area contributed by atoms with Crippen molar-refractivity contribution in [3.8, 4) is 0 Å². The number of anilines is 1. The monoisotopic (exact) mass is 304 g/mol. The average molecular weight is 304 g/mol. The average Bonchev–Trinajstić information content (AvgIpc) is 2.95. The Kier molecular flexibility index (Phi) is 4.31. The molecule has 2 aliphatic rings. The molecule has 1 aromatic rings. The third kappa shape index (κ3) is 2.80. The number of likely N-dealkylation sites (N-methyl/N-ethyl adjacent to an activating group) is 1. The van der Waals surface area contributed by atoms with Crippen molar-refractivity contribution in [1.29, 1.82) is 0 Å². The van der Waals surface area contributed by atoms with Gasteiger partial charge in [-0.15, -0.1) is 0 Å². The number of aliphatic hydroxyl groups is 1. The molecular formula is C16H24N4O2. The Morgan fingerprint density at radius 1 is 1.45 bits per heavy atom. The minimum Gasteiger partial charge on any atom is -0.396 e. The van der Waals surface area contributed by atoms with Crippen LogP contribution in [0.4, 0.5) is 5.82 Å². The van der Waals surface area contributed by atoms with Crippen molar-refractivity contribution in [2.24, 2.45) is 5.73 Å². The fourth-order valence-corrected chi connectivity index (χ4v) is 3.48. The maximum Gasteiger partial charge on any atom is 0.252 e. The van der Waals surface area contributed by atoms with Crippen molar-refractivity contribution < 1.29 is 9.90 Å². The largest absolute Gasteiger partial charge is 0.396 e. The highest BCUT2D eigenvalue weighted by molar-refractivity contribution is 5.98. The molecular weight excluding hydrogens is 280 g/mol. The summed E-state index contributed by atoms with van der Waals surface area (Å²) in [6, 6.07) is 2.21. The first-order valence-electron chi connectivity index (χ1n) is 7.98. The summed E-state index contributed by atoms with van der Waals surface area (Å²) >= 11 is 0. The number of rotatable bonds is 4. The molecule has 1 aliphatic heterocycles. The fraction of sp³-hybridized carbons (Fsp3) is 0.625. The molecule has 1 saturated heterocycles. The van der Waals surface area contributed by atoms with Crippen LogP contribution in [0.1, 0.15) is 34.5 Å². The Hall–Kier alpha value is -1.66. The second kappa shape index (κ2) is 6.22. The van der Waals surface area contributed by atoms with Gasteiger partial charge >= 0.3 is 0 Å². The predicted octanol–water partition coefficient (Wildman–Crippen LogP) is 0.172. The standard InChI is InChI=1S/C16H24N4O2/c1-19-6-7-20(10-12(19)5-8-21)16-13(15(17)22)9-11-3-2-4-14(11)18-16/h9,12,21H,2-8,10H2,1H3,(H2,17,22)/t12-/m0/s1. The van der Waals surface area contributed by atoms with Gasteiger partial charge in [0.15, 0.2) is 0 Å². The lowest BCUT2D eigenvalue weighted by Crippen LogP contribution is -2.52. The van der Waals surface area contributed by atoms with E-state index in [1.54, 1.807) is 0 Å². The fourth-order valence-electron chi connectivity index (χ4n) is 3.48. The van der Waals surface area contributed by atoms with E-state index in [2.05, 4.69) is 16.8 Å². The molecule has 0 aromatic carbocycles. The minimum atomic E-state index is -0.408. The molecule has 1 fully saturated rings. The number of aliphatic hydroxyl groups excluding tert-OH is 1. The number of fused-ring (bicyclic) bond motifs is 1. The van der Waals surface area contributed by atoms with Gasteiger partial charge in [0.1, 0.15) is 5.82 Å². The van der Waals surface area contributed by atoms with Crippen molar-refractivity contribution in [2.75, 3.05) is 38.2 Å². The minimum absolute atomic E-state index is 0.170. The SMILES string of the molecule is CN1CCN(c2nc3c(cc2C(N)=O)CCC3)C[C@@H]1CCO. The van der Waals surface area contributed by atoms with Crippen LogP contribution < -0.4 is 10.6 Å². The van der Waals surface area contributed by atoms with Gasteiger partial charge in [-0.1, -0.05) is 0 Å². The summed E-state index contributed by atoms with van der Waals surface area (Å²) in [6.45, 7) is 2.65. The molecule has 120 valence electrons. The second-order valence-corrected chi connectivity index (χ2v) is 6.28. The van der Waals surface area contributed by atoms with Crippen molar-refractivity contribution in [2.45, 2.75) is 31.7 Å². The molecule has 0 saturated carbocycles. The Bertz CT molecular complexity index is 576. The number of primary amides is 1. The Labute approximate surface area is 130 Å². The van der Waals surface area contributed by atoms with Crippen LogP contribution in [0, 0.1) is 0 Å². The summed E-state index contributed by atoms with van der Waals surface area (Å²) in [5.74, 6) is 0.319. The lowest BCUT2D eigenvalue weighted by molar-refractivity contribution is 0.0999. The number of amides is 1. The summed E-state index contributed by atoms with van der Waals surface area (Å²) < 4.78 is 0. The molecule has 0 bridgehead atoms. The molecule has 0 radical (unpaired) electrons. The number of carbonyl (C=O) groups excluding carboxylic acids is 1. The van der Waals surface area contributed by atoms with Gasteiger partial charge in [0.05, 0.1) is 5.56 Å². The van der Waals surface area contributed by atoms with E-state index in [-0.39, 0.29) is 12.6 Å². The zero-order valence-electron chi connectivity index (χ0n) is 13.1. The molecule has 3 N–H and O–H groups in total. The van der Waals surface area contributed by atoms with Crippen LogP contribution in [0.25, 0.3) is 0 Å². The maximum atomic E-state index is 11.8. The van der Waals surface area contributed by atoms with Gasteiger partial charge in [0.25, 0.3) is 5.91 Å². The molecule has 6 nitrogen and oxygen atoms in total. The molecule has 1 aliphatic carbocycles. The number of hydrogen-bond acceptors (Lipinski definition) is 5. The van der Waals surface area contributed by atoms with Crippen molar-refractivity contribution in [3.63, 3.8) is 0 Å². The van der Waals surface area contributed by atoms with Gasteiger partial charge in [0, 0.05) is 38.0 Å². The number of nitrogens with two attached hydrogens (primary N) is 1. The molecule has 2 heterocycles. The van der Waals surface area contributed by atoms with E-state index in [4.69, 9.17) is 10.7 Å². The second-order valence-electron chi connectivity index (χ2n) is 6.28. The highest BCUT2D eigenvalue weighted by Crippen LogP contribution is 2.28. The number of pyridine rings is 1. The number of carbonyl (C=O) groups is 1. The van der Waals surface area contributed by atoms with Gasteiger partial charge in [0.2, 0.25) is 0 Å². The van der Waals surface area contributed by atoms with Crippen LogP contribution in [-0.4, -0.2) is 60.2 Å². The van der Waals surface area contributed by atoms with Crippen molar-refractivity contribution in [3.05, 3.63) is 22.9 Å². The van der Waals surface area contributed by atoms with Crippen molar-refractivity contribution >= 4 is 11.7 Å². The van der Waals surface area contributed by atoms with E-state index < -0.39 is 5.91 Å². The van der Waals surface area contributed by atoms with E-state index in [1.165, 1.54) is 5.56 Å². The van der Waals surface area contributed by atoms with Crippen molar-refractivity contribution in [1.82, 2.24) is 9.88 Å². The van der Waals surface area contributed by atoms with Crippen LogP contribution in [0.15, 0.2) is 6.07 Å². The molecule has 22 heavy (non-hydrogen) atoms. The summed E-state index contributed by atoms with van der Waals surface area (Å²) in [5.41, 5.74) is 8.39. The van der Waals surface area contributed by atoms with Gasteiger partial charge in [-0.05, 0) is 44.4 Å². The molecule has 3 rings (SSSR count). The smallest absolute Gasteiger partial charge is 0.252 e. The Balaban J connectivity index is 1.91. The number of nitrogens with zero attached hydrogens (tertiary/aromatic N) is 3. The van der Waals surface area contributed by atoms with E-state index in [1.807, 2.05) is 6.07 Å². The quantitative estimate of drug-likeness (QED) is 0.829. The zero-order chi connectivity index (χ0) is 15.7. The lowest BCUT2D eigenvalue weighted by Gasteiger charge is -2.40. The first-order chi connectivity index (χ1) is 10.6. The third-order valence-electron chi connectivity index (χ3n) is 4.84. The molecule has 1 atom stereocenters. The Morgan fingerprint density at radius 2 is 2.27 bits per heavy atom. The highest BCUT2D eigenvalue weighted by Gasteiger charge is 2.28. The number of aromatic nitrogens is 1. The number of piperazine rings is 1. The summed E-state index contributed by atoms with van der Waals surface area (Å²) in [5, 5.41) is 9.23. The van der Waals surface area contributed by atoms with Gasteiger partial charge in [-0.3, -0.25) is 9.69 Å². The van der Waals surface area contributed by atoms with Crippen LogP contribution in [0.2, 0.25) is 0 Å². The maximum absolute atomic E-state index is 11.8. The van der Waals surface area contributed by atoms with Crippen LogP contribution in [-0.2, 0) is 12.8 Å². The van der Waals surface area contributed by atoms with Crippen LogP contribution in [0.3, 0.4) is 0 Å². The van der Waals surface area contributed by atoms with E-state index in [0.29, 0.717) is 5.56 Å². The molecule has 1 amide bonds. The Morgan fingerprint density at radius 3 is 3.00 bits per heavy atom. The van der Waals surface area contributed by atoms with E-state index in [0.717, 1.165) is 56.8 Å². The zero-order valence-corrected chi connectivity index (χ0v) is 13.1. The molecule has 0 spiro atoms. The van der Waals surface area contributed by atoms with Gasteiger partial charge in [-0.25, -0.2) is 4.98 Å². The molecule has 0 unspecified atom stereocenters. The predicted molar refractivity (Wildman–Crippen MR) is 85.1 cm³/mol. The normalized spacial score (nSPS) is 21.9. The van der Waals surface area contributed by atoms with E-state index >= 15 is 0 Å². The summed E-state index contributed by atoms with van der Waals surface area (Å²) in [4.78, 5) is 21.0. The van der Waals surface area contributed by atoms with Crippen LogP contribution >= 0.6 is 0 Å². The van der Waals surface area contributed by atoms with Gasteiger partial charge < -0.3 is 15.7 Å². The summed E-state index contributed by atoms with van der Waals surface area (Å²) in [6.07, 6.45) is 3.79. The van der Waals surface area contributed by atoms with Crippen LogP contribution in [0.5, 0.6) is 0 Å². The number of hydrogen-bond donors (Lipinski definition) is 2. The molecule has 1 aromatic heterocycles. The first kappa shape index (κ1) is 15.2. The first-order valence-corrected chi connectivity index (χ1v) is 7.98. The number of aryl methyl sites for hydroxylation is 2. The third-order valence-corrected chi connectivity index (χ3v) is 4.84. The van der Waals surface area contributed by atoms with Gasteiger partial charge in [-0.2, -0.15) is 0 Å².